The Labute approximate surface area is 113 Å². The maximum Gasteiger partial charge on any atom is 0.232 e. The van der Waals surface area contributed by atoms with Gasteiger partial charge < -0.3 is 4.90 Å². The molecule has 1 N–H and O–H groups in total. The molecule has 1 heterocycles. The van der Waals surface area contributed by atoms with Crippen LogP contribution in [0.15, 0.2) is 18.2 Å². The Kier molecular flexibility index (Phi) is 3.80. The molecule has 19 heavy (non-hydrogen) atoms. The molecular formula is C13H18N2O3S. The molecule has 0 bridgehead atoms. The first-order valence-corrected chi connectivity index (χ1v) is 7.99. The van der Waals surface area contributed by atoms with Gasteiger partial charge in [0.05, 0.1) is 11.4 Å². The van der Waals surface area contributed by atoms with E-state index in [0.29, 0.717) is 18.7 Å². The lowest BCUT2D eigenvalue weighted by Gasteiger charge is -2.19. The Morgan fingerprint density at radius 3 is 2.68 bits per heavy atom. The van der Waals surface area contributed by atoms with Crippen molar-refractivity contribution in [2.45, 2.75) is 26.7 Å². The first-order chi connectivity index (χ1) is 8.93. The van der Waals surface area contributed by atoms with Crippen LogP contribution >= 0.6 is 0 Å². The summed E-state index contributed by atoms with van der Waals surface area (Å²) in [5, 5.41) is 0. The van der Waals surface area contributed by atoms with Crippen LogP contribution in [0.1, 0.15) is 25.3 Å². The van der Waals surface area contributed by atoms with E-state index in [1.165, 1.54) is 0 Å². The average Bonchev–Trinajstić information content (AvgIpc) is 2.78. The van der Waals surface area contributed by atoms with Gasteiger partial charge in [0.15, 0.2) is 0 Å². The van der Waals surface area contributed by atoms with Crippen molar-refractivity contribution in [3.05, 3.63) is 23.8 Å². The molecule has 1 aliphatic rings. The van der Waals surface area contributed by atoms with Gasteiger partial charge in [-0.05, 0) is 38.0 Å². The van der Waals surface area contributed by atoms with E-state index in [-0.39, 0.29) is 11.7 Å². The normalized spacial score (nSPS) is 15.9. The van der Waals surface area contributed by atoms with Crippen LogP contribution in [0.5, 0.6) is 0 Å². The molecule has 2 rings (SSSR count). The minimum Gasteiger partial charge on any atom is -0.312 e. The minimum absolute atomic E-state index is 0.0266. The molecular weight excluding hydrogens is 264 g/mol. The smallest absolute Gasteiger partial charge is 0.232 e. The van der Waals surface area contributed by atoms with Crippen LogP contribution in [-0.2, 0) is 14.8 Å². The van der Waals surface area contributed by atoms with Crippen molar-refractivity contribution in [1.82, 2.24) is 0 Å². The molecule has 0 spiro atoms. The Bertz CT molecular complexity index is 596. The quantitative estimate of drug-likeness (QED) is 0.917. The molecule has 0 unspecified atom stereocenters. The number of amides is 1. The number of aryl methyl sites for hydroxylation is 1. The molecule has 1 aromatic rings. The lowest BCUT2D eigenvalue weighted by atomic mass is 10.1. The molecule has 0 aromatic heterocycles. The van der Waals surface area contributed by atoms with Crippen LogP contribution in [0, 0.1) is 6.92 Å². The van der Waals surface area contributed by atoms with Crippen LogP contribution in [0.25, 0.3) is 0 Å². The van der Waals surface area contributed by atoms with E-state index in [1.807, 2.05) is 13.0 Å². The van der Waals surface area contributed by atoms with Crippen molar-refractivity contribution >= 4 is 27.3 Å². The van der Waals surface area contributed by atoms with Gasteiger partial charge in [0.2, 0.25) is 15.9 Å². The minimum atomic E-state index is -3.29. The highest BCUT2D eigenvalue weighted by Crippen LogP contribution is 2.28. The molecule has 1 fully saturated rings. The van der Waals surface area contributed by atoms with E-state index >= 15 is 0 Å². The summed E-state index contributed by atoms with van der Waals surface area (Å²) in [6, 6.07) is 5.27. The average molecular weight is 282 g/mol. The second-order valence-corrected chi connectivity index (χ2v) is 6.67. The molecule has 1 aliphatic heterocycles. The van der Waals surface area contributed by atoms with Gasteiger partial charge in [-0.25, -0.2) is 8.42 Å². The predicted octanol–water partition coefficient (Wildman–Crippen LogP) is 1.88. The summed E-state index contributed by atoms with van der Waals surface area (Å²) in [6.07, 6.45) is 1.41. The monoisotopic (exact) mass is 282 g/mol. The van der Waals surface area contributed by atoms with Gasteiger partial charge in [-0.3, -0.25) is 9.52 Å². The molecule has 1 saturated heterocycles. The Morgan fingerprint density at radius 1 is 1.37 bits per heavy atom. The lowest BCUT2D eigenvalue weighted by molar-refractivity contribution is -0.117. The van der Waals surface area contributed by atoms with Gasteiger partial charge >= 0.3 is 0 Å². The number of nitrogens with one attached hydrogen (secondary N) is 1. The highest BCUT2D eigenvalue weighted by molar-refractivity contribution is 7.92. The summed E-state index contributed by atoms with van der Waals surface area (Å²) >= 11 is 0. The topological polar surface area (TPSA) is 66.5 Å². The van der Waals surface area contributed by atoms with E-state index < -0.39 is 10.0 Å². The number of sulfonamides is 1. The zero-order valence-corrected chi connectivity index (χ0v) is 12.0. The third-order valence-electron chi connectivity index (χ3n) is 3.23. The van der Waals surface area contributed by atoms with Crippen LogP contribution in [0.2, 0.25) is 0 Å². The maximum absolute atomic E-state index is 11.8. The van der Waals surface area contributed by atoms with Crippen LogP contribution in [0.4, 0.5) is 11.4 Å². The Morgan fingerprint density at radius 2 is 2.11 bits per heavy atom. The van der Waals surface area contributed by atoms with Crippen molar-refractivity contribution in [2.24, 2.45) is 0 Å². The van der Waals surface area contributed by atoms with Crippen molar-refractivity contribution in [1.29, 1.82) is 0 Å². The Hall–Kier alpha value is -1.56. The molecule has 1 aromatic carbocycles. The van der Waals surface area contributed by atoms with Gasteiger partial charge in [0.1, 0.15) is 0 Å². The van der Waals surface area contributed by atoms with Crippen molar-refractivity contribution in [2.75, 3.05) is 21.9 Å². The molecule has 6 heteroatoms. The number of rotatable bonds is 4. The largest absolute Gasteiger partial charge is 0.312 e. The summed E-state index contributed by atoms with van der Waals surface area (Å²) < 4.78 is 25.6. The highest BCUT2D eigenvalue weighted by atomic mass is 32.2. The third-order valence-corrected chi connectivity index (χ3v) is 4.53. The molecule has 5 nitrogen and oxygen atoms in total. The SMILES string of the molecule is CCS(=O)(=O)Nc1ccc(C)c(N2CCCC2=O)c1. The van der Waals surface area contributed by atoms with E-state index in [2.05, 4.69) is 4.72 Å². The molecule has 1 amide bonds. The summed E-state index contributed by atoms with van der Waals surface area (Å²) in [7, 11) is -3.29. The molecule has 0 radical (unpaired) electrons. The predicted molar refractivity (Wildman–Crippen MR) is 75.8 cm³/mol. The summed E-state index contributed by atoms with van der Waals surface area (Å²) in [5.41, 5.74) is 2.26. The van der Waals surface area contributed by atoms with E-state index in [9.17, 15) is 13.2 Å². The van der Waals surface area contributed by atoms with E-state index in [4.69, 9.17) is 0 Å². The number of hydrogen-bond acceptors (Lipinski definition) is 3. The van der Waals surface area contributed by atoms with E-state index in [1.54, 1.807) is 24.0 Å². The number of nitrogens with zero attached hydrogens (tertiary/aromatic N) is 1. The van der Waals surface area contributed by atoms with Gasteiger partial charge in [-0.15, -0.1) is 0 Å². The number of benzene rings is 1. The molecule has 104 valence electrons. The van der Waals surface area contributed by atoms with E-state index in [0.717, 1.165) is 17.7 Å². The summed E-state index contributed by atoms with van der Waals surface area (Å²) in [5.74, 6) is 0.123. The number of carbonyl (C=O) groups excluding carboxylic acids is 1. The summed E-state index contributed by atoms with van der Waals surface area (Å²) in [4.78, 5) is 13.5. The zero-order chi connectivity index (χ0) is 14.0. The fourth-order valence-corrected chi connectivity index (χ4v) is 2.75. The third kappa shape index (κ3) is 3.07. The van der Waals surface area contributed by atoms with Gasteiger partial charge in [-0.2, -0.15) is 0 Å². The number of carbonyl (C=O) groups is 1. The van der Waals surface area contributed by atoms with Gasteiger partial charge in [0, 0.05) is 18.7 Å². The van der Waals surface area contributed by atoms with Crippen molar-refractivity contribution in [3.63, 3.8) is 0 Å². The first kappa shape index (κ1) is 13.9. The second kappa shape index (κ2) is 5.21. The zero-order valence-electron chi connectivity index (χ0n) is 11.1. The van der Waals surface area contributed by atoms with Crippen LogP contribution < -0.4 is 9.62 Å². The number of hydrogen-bond donors (Lipinski definition) is 1. The lowest BCUT2D eigenvalue weighted by Crippen LogP contribution is -2.24. The van der Waals surface area contributed by atoms with Crippen LogP contribution in [-0.4, -0.2) is 26.6 Å². The molecule has 0 aliphatic carbocycles. The fraction of sp³-hybridized carbons (Fsp3) is 0.462. The summed E-state index contributed by atoms with van der Waals surface area (Å²) in [6.45, 7) is 4.20. The van der Waals surface area contributed by atoms with Gasteiger partial charge in [-0.1, -0.05) is 6.07 Å². The fourth-order valence-electron chi connectivity index (χ4n) is 2.12. The number of anilines is 2. The Balaban J connectivity index is 2.32. The van der Waals surface area contributed by atoms with Crippen LogP contribution in [0.3, 0.4) is 0 Å². The second-order valence-electron chi connectivity index (χ2n) is 4.66. The standard InChI is InChI=1S/C13H18N2O3S/c1-3-19(17,18)14-11-7-6-10(2)12(9-11)15-8-4-5-13(15)16/h6-7,9,14H,3-5,8H2,1-2H3. The van der Waals surface area contributed by atoms with Gasteiger partial charge in [0.25, 0.3) is 0 Å². The first-order valence-electron chi connectivity index (χ1n) is 6.34. The van der Waals surface area contributed by atoms with Crippen molar-refractivity contribution in [3.8, 4) is 0 Å². The highest BCUT2D eigenvalue weighted by Gasteiger charge is 2.23. The maximum atomic E-state index is 11.8. The van der Waals surface area contributed by atoms with Crippen molar-refractivity contribution < 1.29 is 13.2 Å². The molecule has 0 atom stereocenters. The molecule has 0 saturated carbocycles.